The van der Waals surface area contributed by atoms with E-state index in [1.54, 1.807) is 6.92 Å². The molecule has 1 aromatic rings. The van der Waals surface area contributed by atoms with E-state index in [-0.39, 0.29) is 24.0 Å². The number of nitrogens with one attached hydrogen (secondary N) is 1. The van der Waals surface area contributed by atoms with Crippen LogP contribution in [0.15, 0.2) is 12.7 Å². The maximum Gasteiger partial charge on any atom is 0.355 e. The smallest absolute Gasteiger partial charge is 0.355 e. The van der Waals surface area contributed by atoms with Crippen molar-refractivity contribution in [1.82, 2.24) is 4.98 Å². The lowest BCUT2D eigenvalue weighted by Gasteiger charge is -2.25. The number of ether oxygens (including phenoxy) is 2. The predicted molar refractivity (Wildman–Crippen MR) is 78.7 cm³/mol. The van der Waals surface area contributed by atoms with Gasteiger partial charge in [-0.2, -0.15) is 0 Å². The molecule has 1 heterocycles. The van der Waals surface area contributed by atoms with Crippen molar-refractivity contribution in [1.29, 1.82) is 0 Å². The molecule has 1 aromatic heterocycles. The number of carbonyl (C=O) groups is 3. The van der Waals surface area contributed by atoms with Crippen molar-refractivity contribution in [3.05, 3.63) is 35.2 Å². The first-order valence-electron chi connectivity index (χ1n) is 7.03. The van der Waals surface area contributed by atoms with Crippen molar-refractivity contribution in [2.75, 3.05) is 13.7 Å². The summed E-state index contributed by atoms with van der Waals surface area (Å²) in [4.78, 5) is 39.4. The number of methoxy groups -OCH3 is 1. The lowest BCUT2D eigenvalue weighted by Crippen LogP contribution is -2.36. The molecule has 2 atom stereocenters. The van der Waals surface area contributed by atoms with Crippen LogP contribution < -0.4 is 0 Å². The molecule has 0 spiro atoms. The average molecular weight is 305 g/mol. The van der Waals surface area contributed by atoms with Crippen LogP contribution in [0, 0.1) is 18.8 Å². The standard InChI is InChI=1S/C16H19NO5/c1-5-6-22-16(20)13-9(3)12-10(17-13)7-8(2)11(14(12)18)15(19)21-4/h5,8,11,17H,1,6-7H2,2-4H3. The number of Topliss-reactive ketones (excluding diaryl/α,β-unsaturated/α-hetero) is 1. The van der Waals surface area contributed by atoms with Gasteiger partial charge >= 0.3 is 11.9 Å². The summed E-state index contributed by atoms with van der Waals surface area (Å²) in [6.07, 6.45) is 1.97. The highest BCUT2D eigenvalue weighted by Gasteiger charge is 2.41. The summed E-state index contributed by atoms with van der Waals surface area (Å²) in [6, 6.07) is 0. The number of carbonyl (C=O) groups excluding carboxylic acids is 3. The summed E-state index contributed by atoms with van der Waals surface area (Å²) < 4.78 is 9.72. The molecular formula is C16H19NO5. The minimum absolute atomic E-state index is 0.0943. The van der Waals surface area contributed by atoms with E-state index < -0.39 is 17.9 Å². The maximum absolute atomic E-state index is 12.6. The average Bonchev–Trinajstić information content (AvgIpc) is 2.81. The minimum Gasteiger partial charge on any atom is -0.468 e. The second-order valence-electron chi connectivity index (χ2n) is 5.41. The molecular weight excluding hydrogens is 286 g/mol. The van der Waals surface area contributed by atoms with Crippen molar-refractivity contribution in [2.45, 2.75) is 20.3 Å². The number of esters is 2. The topological polar surface area (TPSA) is 85.5 Å². The summed E-state index contributed by atoms with van der Waals surface area (Å²) in [5.41, 5.74) is 1.83. The largest absolute Gasteiger partial charge is 0.468 e. The van der Waals surface area contributed by atoms with Gasteiger partial charge in [-0.3, -0.25) is 9.59 Å². The number of hydrogen-bond acceptors (Lipinski definition) is 5. The van der Waals surface area contributed by atoms with Crippen molar-refractivity contribution < 1.29 is 23.9 Å². The number of aromatic amines is 1. The molecule has 118 valence electrons. The fourth-order valence-corrected chi connectivity index (χ4v) is 2.88. The van der Waals surface area contributed by atoms with Gasteiger partial charge in [-0.05, 0) is 24.8 Å². The number of ketones is 1. The van der Waals surface area contributed by atoms with Crippen molar-refractivity contribution in [3.8, 4) is 0 Å². The van der Waals surface area contributed by atoms with Crippen molar-refractivity contribution >= 4 is 17.7 Å². The van der Waals surface area contributed by atoms with E-state index in [2.05, 4.69) is 11.6 Å². The number of aromatic nitrogens is 1. The van der Waals surface area contributed by atoms with Gasteiger partial charge in [0.1, 0.15) is 18.2 Å². The Balaban J connectivity index is 2.40. The van der Waals surface area contributed by atoms with Gasteiger partial charge in [-0.15, -0.1) is 0 Å². The second kappa shape index (κ2) is 6.17. The monoisotopic (exact) mass is 305 g/mol. The minimum atomic E-state index is -0.830. The second-order valence-corrected chi connectivity index (χ2v) is 5.41. The summed E-state index contributed by atoms with van der Waals surface area (Å²) in [6.45, 7) is 7.06. The van der Waals surface area contributed by atoms with Gasteiger partial charge in [0.15, 0.2) is 5.78 Å². The SMILES string of the molecule is C=CCOC(=O)c1[nH]c2c(c1C)C(=O)C(C(=O)OC)C(C)C2. The first-order valence-corrected chi connectivity index (χ1v) is 7.03. The highest BCUT2D eigenvalue weighted by atomic mass is 16.5. The fourth-order valence-electron chi connectivity index (χ4n) is 2.88. The van der Waals surface area contributed by atoms with Crippen LogP contribution in [0.25, 0.3) is 0 Å². The number of hydrogen-bond donors (Lipinski definition) is 1. The molecule has 0 aromatic carbocycles. The first kappa shape index (κ1) is 16.0. The molecule has 1 aliphatic rings. The highest BCUT2D eigenvalue weighted by Crippen LogP contribution is 2.34. The third-order valence-corrected chi connectivity index (χ3v) is 3.94. The van der Waals surface area contributed by atoms with Gasteiger partial charge < -0.3 is 14.5 Å². The lowest BCUT2D eigenvalue weighted by atomic mass is 9.77. The van der Waals surface area contributed by atoms with E-state index in [0.29, 0.717) is 23.2 Å². The predicted octanol–water partition coefficient (Wildman–Crippen LogP) is 1.83. The Morgan fingerprint density at radius 1 is 1.45 bits per heavy atom. The molecule has 2 unspecified atom stereocenters. The molecule has 0 radical (unpaired) electrons. The zero-order valence-corrected chi connectivity index (χ0v) is 12.9. The number of fused-ring (bicyclic) bond motifs is 1. The van der Waals surface area contributed by atoms with Crippen molar-refractivity contribution in [2.24, 2.45) is 11.8 Å². The number of rotatable bonds is 4. The first-order chi connectivity index (χ1) is 10.4. The van der Waals surface area contributed by atoms with Crippen molar-refractivity contribution in [3.63, 3.8) is 0 Å². The molecule has 2 rings (SSSR count). The fraction of sp³-hybridized carbons (Fsp3) is 0.438. The van der Waals surface area contributed by atoms with Gasteiger partial charge in [-0.25, -0.2) is 4.79 Å². The quantitative estimate of drug-likeness (QED) is 0.521. The Hall–Kier alpha value is -2.37. The third-order valence-electron chi connectivity index (χ3n) is 3.94. The highest BCUT2D eigenvalue weighted by molar-refractivity contribution is 6.12. The zero-order valence-electron chi connectivity index (χ0n) is 12.9. The normalized spacial score (nSPS) is 20.2. The van der Waals surface area contributed by atoms with Crippen LogP contribution in [0.1, 0.15) is 39.0 Å². The van der Waals surface area contributed by atoms with Crippen LogP contribution in [-0.4, -0.2) is 36.4 Å². The lowest BCUT2D eigenvalue weighted by molar-refractivity contribution is -0.145. The summed E-state index contributed by atoms with van der Waals surface area (Å²) >= 11 is 0. The Morgan fingerprint density at radius 3 is 2.73 bits per heavy atom. The Morgan fingerprint density at radius 2 is 2.14 bits per heavy atom. The van der Waals surface area contributed by atoms with E-state index in [1.165, 1.54) is 13.2 Å². The molecule has 6 heteroatoms. The van der Waals surface area contributed by atoms with Crippen LogP contribution in [0.3, 0.4) is 0 Å². The zero-order chi connectivity index (χ0) is 16.4. The molecule has 22 heavy (non-hydrogen) atoms. The Labute approximate surface area is 128 Å². The van der Waals surface area contributed by atoms with Crippen LogP contribution >= 0.6 is 0 Å². The van der Waals surface area contributed by atoms with Crippen LogP contribution in [0.4, 0.5) is 0 Å². The molecule has 0 saturated carbocycles. The summed E-state index contributed by atoms with van der Waals surface area (Å²) in [5, 5.41) is 0. The molecule has 0 amide bonds. The van der Waals surface area contributed by atoms with E-state index >= 15 is 0 Å². The molecule has 0 aliphatic heterocycles. The van der Waals surface area contributed by atoms with Crippen LogP contribution in [0.2, 0.25) is 0 Å². The van der Waals surface area contributed by atoms with E-state index in [1.807, 2.05) is 6.92 Å². The maximum atomic E-state index is 12.6. The van der Waals surface area contributed by atoms with E-state index in [0.717, 1.165) is 0 Å². The van der Waals surface area contributed by atoms with Gasteiger partial charge in [0.05, 0.1) is 7.11 Å². The molecule has 6 nitrogen and oxygen atoms in total. The van der Waals surface area contributed by atoms with Gasteiger partial charge in [0, 0.05) is 11.3 Å². The Kier molecular flexibility index (Phi) is 4.49. The molecule has 1 aliphatic carbocycles. The summed E-state index contributed by atoms with van der Waals surface area (Å²) in [7, 11) is 1.26. The molecule has 0 saturated heterocycles. The third kappa shape index (κ3) is 2.56. The van der Waals surface area contributed by atoms with Gasteiger partial charge in [0.2, 0.25) is 0 Å². The number of H-pyrrole nitrogens is 1. The summed E-state index contributed by atoms with van der Waals surface area (Å²) in [5.74, 6) is -2.41. The molecule has 0 fully saturated rings. The van der Waals surface area contributed by atoms with E-state index in [4.69, 9.17) is 9.47 Å². The molecule has 0 bridgehead atoms. The van der Waals surface area contributed by atoms with Crippen LogP contribution in [-0.2, 0) is 20.7 Å². The van der Waals surface area contributed by atoms with Crippen LogP contribution in [0.5, 0.6) is 0 Å². The van der Waals surface area contributed by atoms with Gasteiger partial charge in [-0.1, -0.05) is 19.6 Å². The molecule has 1 N–H and O–H groups in total. The van der Waals surface area contributed by atoms with E-state index in [9.17, 15) is 14.4 Å². The van der Waals surface area contributed by atoms with Gasteiger partial charge in [0.25, 0.3) is 0 Å². The Bertz CT molecular complexity index is 643.